The smallest absolute Gasteiger partial charge is 0.244 e. The molecule has 5 heteroatoms. The fourth-order valence-electron chi connectivity index (χ4n) is 3.51. The van der Waals surface area contributed by atoms with Gasteiger partial charge in [0.1, 0.15) is 12.3 Å². The topological polar surface area (TPSA) is 58.6 Å². The van der Waals surface area contributed by atoms with Gasteiger partial charge in [0.15, 0.2) is 0 Å². The molecule has 0 saturated carbocycles. The number of nitrogens with one attached hydrogen (secondary N) is 1. The van der Waals surface area contributed by atoms with Crippen molar-refractivity contribution >= 4 is 23.2 Å². The van der Waals surface area contributed by atoms with Gasteiger partial charge in [-0.2, -0.15) is 0 Å². The zero-order chi connectivity index (χ0) is 20.3. The van der Waals surface area contributed by atoms with Crippen LogP contribution >= 0.6 is 0 Å². The number of anilines is 2. The molecule has 0 spiro atoms. The Kier molecular flexibility index (Phi) is 6.02. The third-order valence-electron chi connectivity index (χ3n) is 4.97. The largest absolute Gasteiger partial charge is 0.491 e. The lowest BCUT2D eigenvalue weighted by Crippen LogP contribution is -2.38. The molecular formula is C23H28N2O3. The van der Waals surface area contributed by atoms with Crippen LogP contribution < -0.4 is 15.0 Å². The van der Waals surface area contributed by atoms with E-state index in [1.807, 2.05) is 42.5 Å². The van der Waals surface area contributed by atoms with Crippen molar-refractivity contribution in [1.82, 2.24) is 0 Å². The lowest BCUT2D eigenvalue weighted by atomic mass is 9.92. The van der Waals surface area contributed by atoms with Crippen molar-refractivity contribution < 1.29 is 14.3 Å². The van der Waals surface area contributed by atoms with Crippen molar-refractivity contribution in [3.8, 4) is 5.75 Å². The Morgan fingerprint density at radius 3 is 2.32 bits per heavy atom. The molecule has 0 aliphatic carbocycles. The molecule has 2 amide bonds. The Hall–Kier alpha value is -2.82. The number of fused-ring (bicyclic) bond motifs is 1. The minimum Gasteiger partial charge on any atom is -0.491 e. The third kappa shape index (κ3) is 4.19. The Bertz CT molecular complexity index is 848. The van der Waals surface area contributed by atoms with Crippen LogP contribution in [-0.2, 0) is 9.59 Å². The van der Waals surface area contributed by atoms with Crippen molar-refractivity contribution in [1.29, 1.82) is 0 Å². The van der Waals surface area contributed by atoms with Crippen molar-refractivity contribution in [3.63, 3.8) is 0 Å². The van der Waals surface area contributed by atoms with Gasteiger partial charge in [0.25, 0.3) is 0 Å². The van der Waals surface area contributed by atoms with E-state index in [0.29, 0.717) is 18.0 Å². The molecule has 1 aliphatic rings. The number of benzene rings is 2. The zero-order valence-electron chi connectivity index (χ0n) is 17.0. The van der Waals surface area contributed by atoms with Crippen molar-refractivity contribution in [2.45, 2.75) is 46.0 Å². The van der Waals surface area contributed by atoms with E-state index in [1.54, 1.807) is 0 Å². The van der Waals surface area contributed by atoms with E-state index in [9.17, 15) is 9.59 Å². The lowest BCUT2D eigenvalue weighted by molar-refractivity contribution is -0.121. The van der Waals surface area contributed by atoms with Crippen LogP contribution in [0, 0.1) is 0 Å². The molecule has 28 heavy (non-hydrogen) atoms. The standard InChI is InChI=1S/C23H28N2O3/c1-15(2)17-8-7-9-18(16(3)4)23(17)24-21(26)14-25-19-10-5-6-11-20(19)28-13-12-22(25)27/h5-11,15-16H,12-14H2,1-4H3,(H,24,26). The van der Waals surface area contributed by atoms with Crippen molar-refractivity contribution in [3.05, 3.63) is 53.6 Å². The molecule has 3 rings (SSSR count). The highest BCUT2D eigenvalue weighted by Gasteiger charge is 2.26. The normalized spacial score (nSPS) is 13.9. The van der Waals surface area contributed by atoms with E-state index in [0.717, 1.165) is 16.8 Å². The van der Waals surface area contributed by atoms with Gasteiger partial charge in [0.05, 0.1) is 18.7 Å². The van der Waals surface area contributed by atoms with E-state index in [2.05, 4.69) is 33.0 Å². The second kappa shape index (κ2) is 8.46. The summed E-state index contributed by atoms with van der Waals surface area (Å²) in [5.74, 6) is 0.874. The average Bonchev–Trinajstić information content (AvgIpc) is 2.81. The van der Waals surface area contributed by atoms with Crippen LogP contribution in [0.5, 0.6) is 5.75 Å². The van der Waals surface area contributed by atoms with E-state index in [-0.39, 0.29) is 36.6 Å². The Balaban J connectivity index is 1.88. The number of nitrogens with zero attached hydrogens (tertiary/aromatic N) is 1. The van der Waals surface area contributed by atoms with Crippen LogP contribution in [0.25, 0.3) is 0 Å². The number of carbonyl (C=O) groups excluding carboxylic acids is 2. The highest BCUT2D eigenvalue weighted by Crippen LogP contribution is 2.33. The Labute approximate surface area is 166 Å². The van der Waals surface area contributed by atoms with Crippen LogP contribution in [0.4, 0.5) is 11.4 Å². The summed E-state index contributed by atoms with van der Waals surface area (Å²) in [6.07, 6.45) is 0.252. The molecular weight excluding hydrogens is 352 g/mol. The van der Waals surface area contributed by atoms with Crippen LogP contribution in [0.3, 0.4) is 0 Å². The van der Waals surface area contributed by atoms with Crippen LogP contribution in [0.15, 0.2) is 42.5 Å². The van der Waals surface area contributed by atoms with E-state index in [4.69, 9.17) is 4.74 Å². The molecule has 0 bridgehead atoms. The number of hydrogen-bond donors (Lipinski definition) is 1. The first kappa shape index (κ1) is 19.9. The van der Waals surface area contributed by atoms with Gasteiger partial charge < -0.3 is 10.1 Å². The third-order valence-corrected chi connectivity index (χ3v) is 4.97. The Morgan fingerprint density at radius 1 is 1.04 bits per heavy atom. The van der Waals surface area contributed by atoms with Gasteiger partial charge in [0.2, 0.25) is 11.8 Å². The number of ether oxygens (including phenoxy) is 1. The second-order valence-corrected chi connectivity index (χ2v) is 7.72. The summed E-state index contributed by atoms with van der Waals surface area (Å²) in [4.78, 5) is 27.1. The van der Waals surface area contributed by atoms with Crippen molar-refractivity contribution in [2.75, 3.05) is 23.4 Å². The van der Waals surface area contributed by atoms with Crippen LogP contribution in [-0.4, -0.2) is 25.0 Å². The summed E-state index contributed by atoms with van der Waals surface area (Å²) in [5, 5.41) is 3.09. The Morgan fingerprint density at radius 2 is 1.68 bits per heavy atom. The predicted octanol–water partition coefficient (Wildman–Crippen LogP) is 4.69. The van der Waals surface area contributed by atoms with Crippen LogP contribution in [0.2, 0.25) is 0 Å². The van der Waals surface area contributed by atoms with Gasteiger partial charge in [-0.1, -0.05) is 58.0 Å². The molecule has 0 saturated heterocycles. The summed E-state index contributed by atoms with van der Waals surface area (Å²) in [5.41, 5.74) is 3.71. The molecule has 0 aromatic heterocycles. The summed E-state index contributed by atoms with van der Waals surface area (Å²) < 4.78 is 5.66. The summed E-state index contributed by atoms with van der Waals surface area (Å²) in [7, 11) is 0. The fourth-order valence-corrected chi connectivity index (χ4v) is 3.51. The van der Waals surface area contributed by atoms with E-state index < -0.39 is 0 Å². The monoisotopic (exact) mass is 380 g/mol. The molecule has 0 fully saturated rings. The molecule has 0 atom stereocenters. The molecule has 0 unspecified atom stereocenters. The van der Waals surface area contributed by atoms with Gasteiger partial charge in [-0.25, -0.2) is 0 Å². The molecule has 1 N–H and O–H groups in total. The summed E-state index contributed by atoms with van der Waals surface area (Å²) in [6.45, 7) is 8.73. The van der Waals surface area contributed by atoms with Gasteiger partial charge in [0, 0.05) is 5.69 Å². The SMILES string of the molecule is CC(C)c1cccc(C(C)C)c1NC(=O)CN1C(=O)CCOc2ccccc21. The molecule has 1 aliphatic heterocycles. The van der Waals surface area contributed by atoms with Gasteiger partial charge in [-0.3, -0.25) is 14.5 Å². The first-order valence-corrected chi connectivity index (χ1v) is 9.83. The number of hydrogen-bond acceptors (Lipinski definition) is 3. The number of rotatable bonds is 5. The fraction of sp³-hybridized carbons (Fsp3) is 0.391. The van der Waals surface area contributed by atoms with Crippen LogP contribution in [0.1, 0.15) is 57.1 Å². The van der Waals surface area contributed by atoms with Crippen molar-refractivity contribution in [2.24, 2.45) is 0 Å². The molecule has 0 radical (unpaired) electrons. The minimum atomic E-state index is -0.208. The molecule has 2 aromatic rings. The number of para-hydroxylation sites is 3. The lowest BCUT2D eigenvalue weighted by Gasteiger charge is -2.24. The zero-order valence-corrected chi connectivity index (χ0v) is 17.0. The first-order chi connectivity index (χ1) is 13.4. The molecule has 5 nitrogen and oxygen atoms in total. The minimum absolute atomic E-state index is 0.0385. The maximum atomic E-state index is 13.0. The summed E-state index contributed by atoms with van der Waals surface area (Å²) >= 11 is 0. The highest BCUT2D eigenvalue weighted by atomic mass is 16.5. The average molecular weight is 380 g/mol. The predicted molar refractivity (Wildman–Crippen MR) is 112 cm³/mol. The number of amides is 2. The van der Waals surface area contributed by atoms with E-state index >= 15 is 0 Å². The second-order valence-electron chi connectivity index (χ2n) is 7.72. The van der Waals surface area contributed by atoms with E-state index in [1.165, 1.54) is 4.90 Å². The summed E-state index contributed by atoms with van der Waals surface area (Å²) in [6, 6.07) is 13.5. The molecule has 1 heterocycles. The maximum Gasteiger partial charge on any atom is 0.244 e. The number of carbonyl (C=O) groups is 2. The molecule has 2 aromatic carbocycles. The van der Waals surface area contributed by atoms with Gasteiger partial charge in [-0.15, -0.1) is 0 Å². The first-order valence-electron chi connectivity index (χ1n) is 9.83. The highest BCUT2D eigenvalue weighted by molar-refractivity contribution is 6.04. The molecule has 148 valence electrons. The quantitative estimate of drug-likeness (QED) is 0.819. The van der Waals surface area contributed by atoms with Gasteiger partial charge >= 0.3 is 0 Å². The van der Waals surface area contributed by atoms with Gasteiger partial charge in [-0.05, 0) is 35.1 Å². The maximum absolute atomic E-state index is 13.0.